The van der Waals surface area contributed by atoms with E-state index in [4.69, 9.17) is 21.6 Å². The van der Waals surface area contributed by atoms with Crippen molar-refractivity contribution in [2.24, 2.45) is 5.92 Å². The van der Waals surface area contributed by atoms with Crippen molar-refractivity contribution in [1.29, 1.82) is 5.26 Å². The number of hydrogen-bond acceptors (Lipinski definition) is 5. The highest BCUT2D eigenvalue weighted by Crippen LogP contribution is 2.44. The summed E-state index contributed by atoms with van der Waals surface area (Å²) in [6.07, 6.45) is 3.86. The first kappa shape index (κ1) is 34.5. The van der Waals surface area contributed by atoms with E-state index in [9.17, 15) is 9.59 Å². The quantitative estimate of drug-likeness (QED) is 0.135. The fourth-order valence-corrected chi connectivity index (χ4v) is 6.75. The van der Waals surface area contributed by atoms with E-state index in [2.05, 4.69) is 54.5 Å². The van der Waals surface area contributed by atoms with Gasteiger partial charge in [-0.3, -0.25) is 4.79 Å². The van der Waals surface area contributed by atoms with Crippen molar-refractivity contribution in [1.82, 2.24) is 19.8 Å². The molecule has 1 heterocycles. The highest BCUT2D eigenvalue weighted by molar-refractivity contribution is 6.31. The molecule has 4 aromatic carbocycles. The van der Waals surface area contributed by atoms with Crippen molar-refractivity contribution in [3.8, 4) is 17.2 Å². The molecule has 0 fully saturated rings. The standard InChI is InChI=1S/C41H40ClN5O3/c1-3-28(2)39(45-40(48)20-32-22-44-27-47(32)23-30-18-16-29(21-43)17-19-30)25-46(24-31-10-4-9-15-38(31)42)41(49)50-26-37-35-13-7-5-11-33(35)34-12-6-8-14-36(34)37/h4-19,22,27-28,37,39H,3,20,23-26H2,1-2H3,(H,45,48)/t28-,39+/m0/s1. The van der Waals surface area contributed by atoms with Crippen molar-refractivity contribution in [3.63, 3.8) is 0 Å². The van der Waals surface area contributed by atoms with Crippen molar-refractivity contribution >= 4 is 23.6 Å². The lowest BCUT2D eigenvalue weighted by molar-refractivity contribution is -0.121. The van der Waals surface area contributed by atoms with E-state index >= 15 is 0 Å². The van der Waals surface area contributed by atoms with E-state index in [0.29, 0.717) is 17.1 Å². The van der Waals surface area contributed by atoms with Crippen LogP contribution >= 0.6 is 11.6 Å². The van der Waals surface area contributed by atoms with Crippen LogP contribution in [-0.2, 0) is 29.0 Å². The van der Waals surface area contributed by atoms with Gasteiger partial charge in [0.05, 0.1) is 30.9 Å². The fraction of sp³-hybridized carbons (Fsp3) is 0.268. The summed E-state index contributed by atoms with van der Waals surface area (Å²) >= 11 is 6.57. The molecule has 2 atom stereocenters. The van der Waals surface area contributed by atoms with Crippen LogP contribution in [0.1, 0.15) is 59.7 Å². The maximum Gasteiger partial charge on any atom is 0.410 e. The number of nitrogens with zero attached hydrogens (tertiary/aromatic N) is 4. The van der Waals surface area contributed by atoms with Crippen LogP contribution in [0.3, 0.4) is 0 Å². The van der Waals surface area contributed by atoms with Gasteiger partial charge < -0.3 is 19.5 Å². The normalized spacial score (nSPS) is 13.1. The number of hydrogen-bond donors (Lipinski definition) is 1. The predicted octanol–water partition coefficient (Wildman–Crippen LogP) is 7.98. The summed E-state index contributed by atoms with van der Waals surface area (Å²) in [6, 6.07) is 33.1. The molecule has 8 nitrogen and oxygen atoms in total. The van der Waals surface area contributed by atoms with Gasteiger partial charge in [-0.1, -0.05) is 111 Å². The van der Waals surface area contributed by atoms with Crippen molar-refractivity contribution in [3.05, 3.63) is 148 Å². The van der Waals surface area contributed by atoms with Crippen molar-refractivity contribution in [2.45, 2.75) is 51.7 Å². The van der Waals surface area contributed by atoms with Gasteiger partial charge in [-0.2, -0.15) is 5.26 Å². The first-order chi connectivity index (χ1) is 24.3. The molecule has 50 heavy (non-hydrogen) atoms. The molecule has 0 saturated carbocycles. The molecule has 6 rings (SSSR count). The zero-order valence-electron chi connectivity index (χ0n) is 28.3. The largest absolute Gasteiger partial charge is 0.448 e. The van der Waals surface area contributed by atoms with Gasteiger partial charge in [0, 0.05) is 42.0 Å². The minimum atomic E-state index is -0.463. The molecule has 1 aliphatic rings. The third-order valence-electron chi connectivity index (χ3n) is 9.58. The smallest absolute Gasteiger partial charge is 0.410 e. The molecule has 0 unspecified atom stereocenters. The molecule has 0 spiro atoms. The van der Waals surface area contributed by atoms with E-state index in [1.807, 2.05) is 65.2 Å². The molecule has 0 aliphatic heterocycles. The monoisotopic (exact) mass is 685 g/mol. The molecule has 5 aromatic rings. The van der Waals surface area contributed by atoms with E-state index in [1.54, 1.807) is 29.6 Å². The summed E-state index contributed by atoms with van der Waals surface area (Å²) in [7, 11) is 0. The molecular weight excluding hydrogens is 646 g/mol. The number of carbonyl (C=O) groups excluding carboxylic acids is 2. The van der Waals surface area contributed by atoms with E-state index in [0.717, 1.165) is 45.5 Å². The number of aromatic nitrogens is 2. The van der Waals surface area contributed by atoms with Crippen LogP contribution < -0.4 is 5.32 Å². The van der Waals surface area contributed by atoms with Gasteiger partial charge in [0.2, 0.25) is 5.91 Å². The Kier molecular flexibility index (Phi) is 10.9. The van der Waals surface area contributed by atoms with Crippen molar-refractivity contribution < 1.29 is 14.3 Å². The summed E-state index contributed by atoms with van der Waals surface area (Å²) in [4.78, 5) is 33.5. The fourth-order valence-electron chi connectivity index (χ4n) is 6.55. The van der Waals surface area contributed by atoms with Crippen LogP contribution in [0, 0.1) is 17.2 Å². The van der Waals surface area contributed by atoms with Crippen LogP contribution in [0.25, 0.3) is 11.1 Å². The Morgan fingerprint density at radius 2 is 1.64 bits per heavy atom. The molecule has 2 amide bonds. The zero-order chi connectivity index (χ0) is 35.0. The van der Waals surface area contributed by atoms with Gasteiger partial charge in [0.1, 0.15) is 6.61 Å². The highest BCUT2D eigenvalue weighted by Gasteiger charge is 2.31. The second-order valence-corrected chi connectivity index (χ2v) is 13.2. The average molecular weight is 686 g/mol. The minimum absolute atomic E-state index is 0.0673. The highest BCUT2D eigenvalue weighted by atomic mass is 35.5. The molecule has 0 radical (unpaired) electrons. The summed E-state index contributed by atoms with van der Waals surface area (Å²) in [6.45, 7) is 5.34. The molecule has 1 aliphatic carbocycles. The second kappa shape index (κ2) is 15.9. The van der Waals surface area contributed by atoms with Crippen LogP contribution in [0.2, 0.25) is 5.02 Å². The molecule has 254 valence electrons. The summed E-state index contributed by atoms with van der Waals surface area (Å²) in [5.74, 6) is -0.174. The first-order valence-electron chi connectivity index (χ1n) is 16.9. The van der Waals surface area contributed by atoms with Crippen LogP contribution in [0.15, 0.2) is 110 Å². The number of amides is 2. The van der Waals surface area contributed by atoms with Gasteiger partial charge in [-0.15, -0.1) is 0 Å². The Balaban J connectivity index is 1.17. The molecule has 0 saturated heterocycles. The van der Waals surface area contributed by atoms with Gasteiger partial charge in [-0.25, -0.2) is 9.78 Å². The van der Waals surface area contributed by atoms with Gasteiger partial charge in [0.25, 0.3) is 0 Å². The third kappa shape index (κ3) is 7.90. The number of imidazole rings is 1. The maximum atomic E-state index is 14.0. The topological polar surface area (TPSA) is 100 Å². The van der Waals surface area contributed by atoms with Gasteiger partial charge in [-0.05, 0) is 57.5 Å². The van der Waals surface area contributed by atoms with E-state index < -0.39 is 6.09 Å². The number of benzene rings is 4. The Labute approximate surface area is 298 Å². The molecule has 9 heteroatoms. The Morgan fingerprint density at radius 3 is 2.30 bits per heavy atom. The lowest BCUT2D eigenvalue weighted by atomic mass is 9.98. The van der Waals surface area contributed by atoms with Gasteiger partial charge >= 0.3 is 6.09 Å². The number of fused-ring (bicyclic) bond motifs is 3. The lowest BCUT2D eigenvalue weighted by Crippen LogP contribution is -2.49. The third-order valence-corrected chi connectivity index (χ3v) is 9.95. The number of nitrogens with one attached hydrogen (secondary N) is 1. The molecule has 0 bridgehead atoms. The number of halogens is 1. The zero-order valence-corrected chi connectivity index (χ0v) is 29.0. The van der Waals surface area contributed by atoms with Crippen LogP contribution in [-0.4, -0.2) is 45.6 Å². The summed E-state index contributed by atoms with van der Waals surface area (Å²) in [5.41, 5.74) is 7.76. The number of ether oxygens (including phenoxy) is 1. The Bertz CT molecular complexity index is 1950. The van der Waals surface area contributed by atoms with Crippen LogP contribution in [0.4, 0.5) is 4.79 Å². The maximum absolute atomic E-state index is 14.0. The summed E-state index contributed by atoms with van der Waals surface area (Å²) in [5, 5.41) is 12.9. The molecule has 1 N–H and O–H groups in total. The number of rotatable bonds is 13. The van der Waals surface area contributed by atoms with Crippen molar-refractivity contribution in [2.75, 3.05) is 13.2 Å². The lowest BCUT2D eigenvalue weighted by Gasteiger charge is -2.31. The Hall–Kier alpha value is -5.39. The Morgan fingerprint density at radius 1 is 0.980 bits per heavy atom. The first-order valence-corrected chi connectivity index (χ1v) is 17.3. The molecular formula is C41H40ClN5O3. The van der Waals surface area contributed by atoms with E-state index in [-0.39, 0.29) is 49.9 Å². The van der Waals surface area contributed by atoms with E-state index in [1.165, 1.54) is 0 Å². The average Bonchev–Trinajstić information content (AvgIpc) is 3.71. The predicted molar refractivity (Wildman–Crippen MR) is 195 cm³/mol. The second-order valence-electron chi connectivity index (χ2n) is 12.8. The minimum Gasteiger partial charge on any atom is -0.448 e. The SMILES string of the molecule is CC[C@H](C)[C@@H](CN(Cc1ccccc1Cl)C(=O)OCC1c2ccccc2-c2ccccc21)NC(=O)Cc1cncn1Cc1ccc(C#N)cc1. The molecule has 1 aromatic heterocycles. The number of nitriles is 1. The van der Waals surface area contributed by atoms with Crippen LogP contribution in [0.5, 0.6) is 0 Å². The van der Waals surface area contributed by atoms with Gasteiger partial charge in [0.15, 0.2) is 0 Å². The summed E-state index contributed by atoms with van der Waals surface area (Å²) < 4.78 is 8.04. The number of carbonyl (C=O) groups is 2.